The van der Waals surface area contributed by atoms with Gasteiger partial charge in [0.1, 0.15) is 0 Å². The Morgan fingerprint density at radius 2 is 0.276 bits per heavy atom. The summed E-state index contributed by atoms with van der Waals surface area (Å²) in [5.74, 6) is 0. The van der Waals surface area contributed by atoms with Gasteiger partial charge in [-0.25, -0.2) is 0 Å². The molecule has 0 fully saturated rings. The van der Waals surface area contributed by atoms with Gasteiger partial charge < -0.3 is 45.5 Å². The molecule has 2 radical (unpaired) electrons. The minimum atomic E-state index is -5.17. The fraction of sp³-hybridized carbons (Fsp3) is 0. The van der Waals surface area contributed by atoms with E-state index in [1.165, 1.54) is 0 Å². The first-order valence-electron chi connectivity index (χ1n) is 3.33. The Labute approximate surface area is 206 Å². The van der Waals surface area contributed by atoms with Crippen LogP contribution in [0, 0.1) is 0 Å². The van der Waals surface area contributed by atoms with E-state index >= 15 is 0 Å². The molecule has 0 saturated carbocycles. The summed E-state index contributed by atoms with van der Waals surface area (Å²) >= 11 is 0. The molecule has 0 aromatic heterocycles. The summed E-state index contributed by atoms with van der Waals surface area (Å²) in [6.45, 7) is 0. The van der Waals surface area contributed by atoms with Crippen LogP contribution >= 0.6 is 0 Å². The first-order chi connectivity index (χ1) is 10.0. The number of hydrogen-bond donors (Lipinski definition) is 0. The molecule has 20 nitrogen and oxygen atoms in total. The van der Waals surface area contributed by atoms with Crippen LogP contribution in [0.2, 0.25) is 0 Å². The number of hydrogen-bond acceptors (Lipinski definition) is 20. The fourth-order valence-electron chi connectivity index (χ4n) is 0. The Bertz CT molecular complexity index is 625. The van der Waals surface area contributed by atoms with Gasteiger partial charge in [0, 0.05) is 52.0 Å². The van der Waals surface area contributed by atoms with Crippen LogP contribution in [0.3, 0.4) is 0 Å². The van der Waals surface area contributed by atoms with Crippen molar-refractivity contribution in [3.8, 4) is 0 Å². The van der Waals surface area contributed by atoms with Crippen molar-refractivity contribution in [3.63, 3.8) is 0 Å². The Kier molecular flexibility index (Phi) is 47.6. The largest absolute Gasteiger partial charge is 3.00 e. The second-order valence-electron chi connectivity index (χ2n) is 2.04. The van der Waals surface area contributed by atoms with E-state index in [0.717, 1.165) is 0 Å². The van der Waals surface area contributed by atoms with Crippen molar-refractivity contribution in [1.82, 2.24) is 0 Å². The molecule has 0 aliphatic carbocycles. The van der Waals surface area contributed by atoms with Gasteiger partial charge in [0.25, 0.3) is 0 Å². The zero-order valence-electron chi connectivity index (χ0n) is 11.6. The predicted octanol–water partition coefficient (Wildman–Crippen LogP) is -6.70. The maximum absolute atomic E-state index is 8.52. The average Bonchev–Trinajstić information content (AvgIpc) is 1.79. The third kappa shape index (κ3) is 10900. The Hall–Kier alpha value is 1.43. The van der Waals surface area contributed by atoms with Crippen LogP contribution in [0.1, 0.15) is 0 Å². The molecule has 0 aromatic carbocycles. The summed E-state index contributed by atoms with van der Waals surface area (Å²) in [6.07, 6.45) is 0. The molecule has 0 bridgehead atoms. The predicted molar refractivity (Wildman–Crippen MR) is 52.4 cm³/mol. The van der Waals surface area contributed by atoms with Gasteiger partial charge in [-0.2, -0.15) is 0 Å². The minimum Gasteiger partial charge on any atom is -0.759 e. The third-order valence-corrected chi connectivity index (χ3v) is 0. The fourth-order valence-corrected chi connectivity index (χ4v) is 0. The SMILES string of the molecule is O=S(=O)([O-])[O-].O=S(=O)([O-])[O-].O=S(=O)([O-])[O-].O=S(=O)([O-])[O-].O=S(=O)([O-])[O-].[Fe+2].[Fe+2].[Fe+3].[Fe+3]. The summed E-state index contributed by atoms with van der Waals surface area (Å²) < 4.78 is 170. The molecule has 0 aliphatic rings. The maximum Gasteiger partial charge on any atom is 3.00 e. The van der Waals surface area contributed by atoms with Crippen LogP contribution in [0.4, 0.5) is 0 Å². The summed E-state index contributed by atoms with van der Waals surface area (Å²) in [5, 5.41) is 0. The molecule has 0 aromatic rings. The summed E-state index contributed by atoms with van der Waals surface area (Å²) in [4.78, 5) is 0. The van der Waals surface area contributed by atoms with Crippen molar-refractivity contribution in [2.24, 2.45) is 0 Å². The van der Waals surface area contributed by atoms with Crippen LogP contribution in [0.5, 0.6) is 0 Å². The normalized spacial score (nSPS) is 10.0. The van der Waals surface area contributed by atoms with Gasteiger partial charge in [-0.3, -0.25) is 42.1 Å². The van der Waals surface area contributed by atoms with Crippen LogP contribution in [0.15, 0.2) is 0 Å². The molecule has 29 heteroatoms. The zero-order chi connectivity index (χ0) is 22.5. The monoisotopic (exact) mass is 703 g/mol. The average molecular weight is 704 g/mol. The maximum atomic E-state index is 8.52. The molecule has 0 aliphatic heterocycles. The van der Waals surface area contributed by atoms with Crippen LogP contribution in [0.25, 0.3) is 0 Å². The smallest absolute Gasteiger partial charge is 0.759 e. The van der Waals surface area contributed by atoms with Gasteiger partial charge in [0.15, 0.2) is 0 Å². The third-order valence-electron chi connectivity index (χ3n) is 0. The Balaban J connectivity index is -0.0000000238. The molecule has 0 spiro atoms. The van der Waals surface area contributed by atoms with Crippen molar-refractivity contribution in [3.05, 3.63) is 0 Å². The Morgan fingerprint density at radius 1 is 0.276 bits per heavy atom. The standard InChI is InChI=1S/4Fe.5H2O4S/c;;;;5*1-5(2,3)4/h;;;;5*(H2,1,2,3,4)/q2*+2;2*+3;;;;;/p-10. The van der Waals surface area contributed by atoms with E-state index in [-0.39, 0.29) is 68.3 Å². The molecule has 0 atom stereocenters. The van der Waals surface area contributed by atoms with Gasteiger partial charge in [-0.05, 0) is 0 Å². The van der Waals surface area contributed by atoms with Gasteiger partial charge in [0.05, 0.1) is 0 Å². The van der Waals surface area contributed by atoms with Gasteiger partial charge in [0.2, 0.25) is 0 Å². The van der Waals surface area contributed by atoms with E-state index in [2.05, 4.69) is 0 Å². The second-order valence-corrected chi connectivity index (χ2v) is 6.12. The van der Waals surface area contributed by atoms with Crippen LogP contribution in [-0.2, 0) is 120 Å². The molecule has 0 saturated heterocycles. The summed E-state index contributed by atoms with van der Waals surface area (Å²) in [6, 6.07) is 0. The summed E-state index contributed by atoms with van der Waals surface area (Å²) in [5.41, 5.74) is 0. The minimum absolute atomic E-state index is 0. The van der Waals surface area contributed by atoms with E-state index in [4.69, 9.17) is 87.6 Å². The molecule has 0 rings (SSSR count). The topological polar surface area (TPSA) is 401 Å². The summed E-state index contributed by atoms with van der Waals surface area (Å²) in [7, 11) is -25.8. The molecule has 0 amide bonds. The molecular formula is Fe4O20S5. The van der Waals surface area contributed by atoms with Crippen LogP contribution in [-0.4, -0.2) is 87.6 Å². The van der Waals surface area contributed by atoms with Crippen molar-refractivity contribution in [1.29, 1.82) is 0 Å². The van der Waals surface area contributed by atoms with Gasteiger partial charge >= 0.3 is 68.3 Å². The van der Waals surface area contributed by atoms with Crippen LogP contribution < -0.4 is 0 Å². The molecule has 0 N–H and O–H groups in total. The number of rotatable bonds is 0. The van der Waals surface area contributed by atoms with E-state index in [9.17, 15) is 0 Å². The van der Waals surface area contributed by atoms with E-state index in [1.54, 1.807) is 0 Å². The van der Waals surface area contributed by atoms with Crippen molar-refractivity contribution >= 4 is 52.0 Å². The zero-order valence-corrected chi connectivity index (χ0v) is 20.1. The quantitative estimate of drug-likeness (QED) is 0.128. The van der Waals surface area contributed by atoms with Crippen molar-refractivity contribution in [2.75, 3.05) is 0 Å². The van der Waals surface area contributed by atoms with Crippen molar-refractivity contribution in [2.45, 2.75) is 0 Å². The molecule has 0 unspecified atom stereocenters. The molecular weight excluding hydrogens is 704 g/mol. The molecule has 29 heavy (non-hydrogen) atoms. The first-order valence-corrected chi connectivity index (χ1v) is 10.0. The van der Waals surface area contributed by atoms with E-state index in [0.29, 0.717) is 0 Å². The molecule has 182 valence electrons. The Morgan fingerprint density at radius 3 is 0.276 bits per heavy atom. The van der Waals surface area contributed by atoms with E-state index in [1.807, 2.05) is 0 Å². The van der Waals surface area contributed by atoms with Gasteiger partial charge in [-0.15, -0.1) is 0 Å². The van der Waals surface area contributed by atoms with E-state index < -0.39 is 52.0 Å². The first kappa shape index (κ1) is 57.4. The molecule has 0 heterocycles. The van der Waals surface area contributed by atoms with Gasteiger partial charge in [-0.1, -0.05) is 0 Å². The second kappa shape index (κ2) is 24.1. The van der Waals surface area contributed by atoms with Crippen molar-refractivity contribution < 1.29 is 156 Å².